The fourth-order valence-electron chi connectivity index (χ4n) is 3.23. The molecule has 0 amide bonds. The number of aryl methyl sites for hydroxylation is 2. The van der Waals surface area contributed by atoms with Crippen LogP contribution in [-0.2, 0) is 12.6 Å². The van der Waals surface area contributed by atoms with E-state index < -0.39 is 11.7 Å². The second-order valence-corrected chi connectivity index (χ2v) is 7.32. The van der Waals surface area contributed by atoms with Crippen LogP contribution in [0.2, 0.25) is 0 Å². The molecule has 1 atom stereocenters. The number of aromatic nitrogens is 5. The van der Waals surface area contributed by atoms with Gasteiger partial charge in [0.05, 0.1) is 33.5 Å². The van der Waals surface area contributed by atoms with Crippen LogP contribution in [0.15, 0.2) is 17.9 Å². The summed E-state index contributed by atoms with van der Waals surface area (Å²) in [4.78, 5) is 13.4. The maximum Gasteiger partial charge on any atom is 0.421 e. The van der Waals surface area contributed by atoms with Gasteiger partial charge in [0.15, 0.2) is 0 Å². The van der Waals surface area contributed by atoms with Gasteiger partial charge in [-0.2, -0.15) is 23.3 Å². The summed E-state index contributed by atoms with van der Waals surface area (Å²) >= 11 is 1.61. The van der Waals surface area contributed by atoms with Crippen LogP contribution in [0.3, 0.4) is 0 Å². The van der Waals surface area contributed by atoms with E-state index in [1.54, 1.807) is 18.3 Å². The van der Waals surface area contributed by atoms with Crippen molar-refractivity contribution in [1.82, 2.24) is 24.7 Å². The Hall–Kier alpha value is -2.69. The lowest BCUT2D eigenvalue weighted by Crippen LogP contribution is -2.14. The van der Waals surface area contributed by atoms with Crippen LogP contribution in [0.25, 0.3) is 0 Å². The summed E-state index contributed by atoms with van der Waals surface area (Å²) in [5.41, 5.74) is 3.42. The van der Waals surface area contributed by atoms with E-state index in [0.29, 0.717) is 17.9 Å². The SMILES string of the molecule is CCNc1nc(Nc2cn([C@H]3CCc4ncsc43)nc2C)ncc1C(F)(F)F. The molecule has 4 rings (SSSR count). The van der Waals surface area contributed by atoms with Gasteiger partial charge >= 0.3 is 6.18 Å². The Bertz CT molecular complexity index is 995. The van der Waals surface area contributed by atoms with E-state index >= 15 is 0 Å². The van der Waals surface area contributed by atoms with Gasteiger partial charge in [-0.15, -0.1) is 11.3 Å². The molecule has 0 fully saturated rings. The number of hydrogen-bond donors (Lipinski definition) is 2. The summed E-state index contributed by atoms with van der Waals surface area (Å²) in [5.74, 6) is -0.167. The van der Waals surface area contributed by atoms with Gasteiger partial charge in [-0.05, 0) is 26.7 Å². The smallest absolute Gasteiger partial charge is 0.370 e. The number of alkyl halides is 3. The zero-order chi connectivity index (χ0) is 19.9. The zero-order valence-corrected chi connectivity index (χ0v) is 16.0. The Balaban J connectivity index is 1.60. The van der Waals surface area contributed by atoms with Gasteiger partial charge in [0.1, 0.15) is 11.4 Å². The highest BCUT2D eigenvalue weighted by atomic mass is 32.1. The Morgan fingerprint density at radius 1 is 1.32 bits per heavy atom. The van der Waals surface area contributed by atoms with Crippen molar-refractivity contribution in [3.63, 3.8) is 0 Å². The molecule has 1 aliphatic carbocycles. The maximum absolute atomic E-state index is 13.1. The molecule has 0 radical (unpaired) electrons. The van der Waals surface area contributed by atoms with E-state index in [1.807, 2.05) is 23.3 Å². The second-order valence-electron chi connectivity index (χ2n) is 6.43. The number of rotatable bonds is 5. The fourth-order valence-corrected chi connectivity index (χ4v) is 4.20. The first-order valence-electron chi connectivity index (χ1n) is 8.80. The highest BCUT2D eigenvalue weighted by Crippen LogP contribution is 2.37. The van der Waals surface area contributed by atoms with E-state index in [4.69, 9.17) is 0 Å². The molecule has 2 N–H and O–H groups in total. The monoisotopic (exact) mass is 409 g/mol. The topological polar surface area (TPSA) is 80.5 Å². The third-order valence-corrected chi connectivity index (χ3v) is 5.52. The molecule has 0 unspecified atom stereocenters. The zero-order valence-electron chi connectivity index (χ0n) is 15.2. The molecule has 7 nitrogen and oxygen atoms in total. The number of anilines is 3. The number of thiazole rings is 1. The van der Waals surface area contributed by atoms with Crippen molar-refractivity contribution in [3.05, 3.63) is 39.7 Å². The number of nitrogens with zero attached hydrogens (tertiary/aromatic N) is 5. The maximum atomic E-state index is 13.1. The number of hydrogen-bond acceptors (Lipinski definition) is 7. The van der Waals surface area contributed by atoms with Crippen molar-refractivity contribution in [1.29, 1.82) is 0 Å². The minimum absolute atomic E-state index is 0.0801. The third-order valence-electron chi connectivity index (χ3n) is 4.55. The van der Waals surface area contributed by atoms with Crippen molar-refractivity contribution in [2.24, 2.45) is 0 Å². The first-order valence-corrected chi connectivity index (χ1v) is 9.68. The molecule has 11 heteroatoms. The van der Waals surface area contributed by atoms with Crippen molar-refractivity contribution in [2.75, 3.05) is 17.2 Å². The van der Waals surface area contributed by atoms with E-state index in [-0.39, 0.29) is 17.8 Å². The highest BCUT2D eigenvalue weighted by molar-refractivity contribution is 7.09. The van der Waals surface area contributed by atoms with E-state index in [2.05, 4.69) is 30.7 Å². The lowest BCUT2D eigenvalue weighted by molar-refractivity contribution is -0.137. The summed E-state index contributed by atoms with van der Waals surface area (Å²) < 4.78 is 41.2. The van der Waals surface area contributed by atoms with Crippen LogP contribution in [0, 0.1) is 6.92 Å². The molecule has 28 heavy (non-hydrogen) atoms. The minimum Gasteiger partial charge on any atom is -0.370 e. The predicted octanol–water partition coefficient (Wildman–Crippen LogP) is 4.17. The fraction of sp³-hybridized carbons (Fsp3) is 0.412. The van der Waals surface area contributed by atoms with Gasteiger partial charge in [0, 0.05) is 18.9 Å². The van der Waals surface area contributed by atoms with Crippen molar-refractivity contribution in [2.45, 2.75) is 38.9 Å². The van der Waals surface area contributed by atoms with Gasteiger partial charge in [-0.25, -0.2) is 9.97 Å². The third kappa shape index (κ3) is 3.41. The molecule has 3 heterocycles. The molecular formula is C17H18F3N7S. The van der Waals surface area contributed by atoms with Gasteiger partial charge in [-0.1, -0.05) is 0 Å². The Kier molecular flexibility index (Phi) is 4.69. The van der Waals surface area contributed by atoms with Gasteiger partial charge in [0.2, 0.25) is 5.95 Å². The lowest BCUT2D eigenvalue weighted by atomic mass is 10.3. The molecule has 0 saturated heterocycles. The van der Waals surface area contributed by atoms with E-state index in [9.17, 15) is 13.2 Å². The first kappa shape index (κ1) is 18.7. The predicted molar refractivity (Wildman–Crippen MR) is 100 cm³/mol. The molecule has 148 valence electrons. The van der Waals surface area contributed by atoms with Crippen LogP contribution >= 0.6 is 11.3 Å². The van der Waals surface area contributed by atoms with Crippen LogP contribution in [-0.4, -0.2) is 31.3 Å². The minimum atomic E-state index is -4.52. The average Bonchev–Trinajstić information content (AvgIpc) is 3.31. The average molecular weight is 409 g/mol. The van der Waals surface area contributed by atoms with Gasteiger partial charge < -0.3 is 10.6 Å². The van der Waals surface area contributed by atoms with E-state index in [1.165, 1.54) is 4.88 Å². The molecule has 0 aromatic carbocycles. The Labute approximate surface area is 163 Å². The van der Waals surface area contributed by atoms with Gasteiger partial charge in [-0.3, -0.25) is 4.68 Å². The van der Waals surface area contributed by atoms with Crippen LogP contribution < -0.4 is 10.6 Å². The van der Waals surface area contributed by atoms with E-state index in [0.717, 1.165) is 24.7 Å². The summed E-state index contributed by atoms with van der Waals surface area (Å²) in [7, 11) is 0. The van der Waals surface area contributed by atoms with Crippen molar-refractivity contribution >= 4 is 28.8 Å². The lowest BCUT2D eigenvalue weighted by Gasteiger charge is -2.13. The number of nitrogens with one attached hydrogen (secondary N) is 2. The molecule has 0 saturated carbocycles. The van der Waals surface area contributed by atoms with Crippen LogP contribution in [0.4, 0.5) is 30.6 Å². The molecule has 0 bridgehead atoms. The number of halogens is 3. The first-order chi connectivity index (χ1) is 13.4. The largest absolute Gasteiger partial charge is 0.421 e. The Morgan fingerprint density at radius 3 is 2.89 bits per heavy atom. The normalized spacial score (nSPS) is 16.2. The second kappa shape index (κ2) is 7.04. The molecular weight excluding hydrogens is 391 g/mol. The number of fused-ring (bicyclic) bond motifs is 1. The summed E-state index contributed by atoms with van der Waals surface area (Å²) in [6.07, 6.45) is -0.0572. The molecule has 3 aromatic rings. The molecule has 0 spiro atoms. The quantitative estimate of drug-likeness (QED) is 0.658. The molecule has 1 aliphatic rings. The standard InChI is InChI=1S/C17H18F3N7S/c1-3-21-15-10(17(18,19)20)6-22-16(25-15)24-12-7-27(26-9(12)2)13-5-4-11-14(13)28-8-23-11/h6-8,13H,3-5H2,1-2H3,(H2,21,22,24,25)/t13-/m0/s1. The summed E-state index contributed by atoms with van der Waals surface area (Å²) in [5, 5.41) is 10.2. The Morgan fingerprint density at radius 2 is 2.14 bits per heavy atom. The van der Waals surface area contributed by atoms with Crippen LogP contribution in [0.5, 0.6) is 0 Å². The molecule has 0 aliphatic heterocycles. The van der Waals surface area contributed by atoms with Gasteiger partial charge in [0.25, 0.3) is 0 Å². The van der Waals surface area contributed by atoms with Crippen molar-refractivity contribution in [3.8, 4) is 0 Å². The van der Waals surface area contributed by atoms with Crippen molar-refractivity contribution < 1.29 is 13.2 Å². The molecule has 3 aromatic heterocycles. The highest BCUT2D eigenvalue weighted by Gasteiger charge is 2.35. The van der Waals surface area contributed by atoms with Crippen LogP contribution in [0.1, 0.15) is 41.2 Å². The summed E-state index contributed by atoms with van der Waals surface area (Å²) in [6, 6.07) is 0.127. The summed E-state index contributed by atoms with van der Waals surface area (Å²) in [6.45, 7) is 3.85.